The lowest BCUT2D eigenvalue weighted by atomic mass is 10.4. The maximum atomic E-state index is 3.56. The molecule has 0 rings (SSSR count). The highest BCUT2D eigenvalue weighted by atomic mass is 32.2. The van der Waals surface area contributed by atoms with Crippen molar-refractivity contribution < 1.29 is 0 Å². The maximum Gasteiger partial charge on any atom is 0.00737 e. The molecule has 3 heteroatoms. The van der Waals surface area contributed by atoms with E-state index in [0.29, 0.717) is 0 Å². The van der Waals surface area contributed by atoms with E-state index in [-0.39, 0.29) is 0 Å². The van der Waals surface area contributed by atoms with Gasteiger partial charge in [-0.1, -0.05) is 18.5 Å². The first kappa shape index (κ1) is 9.01. The van der Waals surface area contributed by atoms with Crippen LogP contribution in [0.2, 0.25) is 0 Å². The first-order valence-corrected chi connectivity index (χ1v) is 3.93. The van der Waals surface area contributed by atoms with Crippen LogP contribution in [-0.4, -0.2) is 20.1 Å². The van der Waals surface area contributed by atoms with E-state index in [2.05, 4.69) is 16.6 Å². The van der Waals surface area contributed by atoms with Gasteiger partial charge in [-0.05, 0) is 25.4 Å². The van der Waals surface area contributed by atoms with Crippen LogP contribution in [0.4, 0.5) is 0 Å². The zero-order chi connectivity index (χ0) is 6.95. The van der Waals surface area contributed by atoms with Crippen molar-refractivity contribution in [3.05, 3.63) is 12.0 Å². The summed E-state index contributed by atoms with van der Waals surface area (Å²) in [5.41, 5.74) is 0. The molecule has 0 aromatic heterocycles. The first-order chi connectivity index (χ1) is 4.41. The Morgan fingerprint density at radius 3 is 2.89 bits per heavy atom. The summed E-state index contributed by atoms with van der Waals surface area (Å²) in [5.74, 6) is 0. The van der Waals surface area contributed by atoms with Crippen molar-refractivity contribution in [2.24, 2.45) is 0 Å². The number of rotatable bonds is 6. The van der Waals surface area contributed by atoms with E-state index >= 15 is 0 Å². The molecule has 0 heterocycles. The second-order valence-electron chi connectivity index (χ2n) is 1.64. The molecule has 54 valence electrons. The van der Waals surface area contributed by atoms with Crippen molar-refractivity contribution >= 4 is 11.9 Å². The fourth-order valence-corrected chi connectivity index (χ4v) is 0.835. The van der Waals surface area contributed by atoms with Crippen LogP contribution in [0.3, 0.4) is 0 Å². The molecular weight excluding hydrogens is 132 g/mol. The van der Waals surface area contributed by atoms with Crippen molar-refractivity contribution in [2.45, 2.75) is 6.42 Å². The van der Waals surface area contributed by atoms with Crippen molar-refractivity contribution in [2.75, 3.05) is 20.1 Å². The van der Waals surface area contributed by atoms with Crippen LogP contribution in [0.15, 0.2) is 12.0 Å². The Kier molecular flexibility index (Phi) is 8.02. The fourth-order valence-electron chi connectivity index (χ4n) is 0.455. The number of hydrogen-bond acceptors (Lipinski definition) is 3. The SMILES string of the molecule is C=CSNCCCNC. The van der Waals surface area contributed by atoms with Crippen LogP contribution < -0.4 is 10.0 Å². The predicted octanol–water partition coefficient (Wildman–Crippen LogP) is 0.977. The molecule has 0 aromatic rings. The molecule has 2 N–H and O–H groups in total. The van der Waals surface area contributed by atoms with E-state index in [1.165, 1.54) is 0 Å². The minimum atomic E-state index is 1.04. The van der Waals surface area contributed by atoms with Crippen LogP contribution in [0.1, 0.15) is 6.42 Å². The van der Waals surface area contributed by atoms with E-state index in [1.807, 2.05) is 7.05 Å². The molecule has 0 aliphatic heterocycles. The summed E-state index contributed by atoms with van der Waals surface area (Å²) in [6, 6.07) is 0. The van der Waals surface area contributed by atoms with Gasteiger partial charge in [0.1, 0.15) is 0 Å². The van der Waals surface area contributed by atoms with Gasteiger partial charge in [0.2, 0.25) is 0 Å². The zero-order valence-electron chi connectivity index (χ0n) is 5.81. The Hall–Kier alpha value is 0.01000. The molecule has 0 aliphatic carbocycles. The summed E-state index contributed by atoms with van der Waals surface area (Å²) in [6.07, 6.45) is 1.16. The molecule has 0 atom stereocenters. The minimum absolute atomic E-state index is 1.04. The van der Waals surface area contributed by atoms with Gasteiger partial charge in [0, 0.05) is 6.54 Å². The van der Waals surface area contributed by atoms with E-state index in [9.17, 15) is 0 Å². The average Bonchev–Trinajstić information content (AvgIpc) is 1.89. The Labute approximate surface area is 61.2 Å². The molecule has 9 heavy (non-hydrogen) atoms. The minimum Gasteiger partial charge on any atom is -0.320 e. The Bertz CT molecular complexity index is 66.1. The van der Waals surface area contributed by atoms with E-state index in [1.54, 1.807) is 17.4 Å². The lowest BCUT2D eigenvalue weighted by Crippen LogP contribution is -2.14. The van der Waals surface area contributed by atoms with Gasteiger partial charge in [0.05, 0.1) is 0 Å². The zero-order valence-corrected chi connectivity index (χ0v) is 6.63. The monoisotopic (exact) mass is 146 g/mol. The largest absolute Gasteiger partial charge is 0.320 e. The van der Waals surface area contributed by atoms with Crippen molar-refractivity contribution in [1.29, 1.82) is 0 Å². The topological polar surface area (TPSA) is 24.1 Å². The molecule has 0 saturated carbocycles. The van der Waals surface area contributed by atoms with Crippen LogP contribution in [0, 0.1) is 0 Å². The Balaban J connectivity index is 2.66. The van der Waals surface area contributed by atoms with Gasteiger partial charge >= 0.3 is 0 Å². The smallest absolute Gasteiger partial charge is 0.00737 e. The molecule has 0 aromatic carbocycles. The molecule has 0 spiro atoms. The standard InChI is InChI=1S/C6H14N2S/c1-3-9-8-6-4-5-7-2/h3,7-8H,1,4-6H2,2H3. The van der Waals surface area contributed by atoms with Crippen molar-refractivity contribution in [3.8, 4) is 0 Å². The van der Waals surface area contributed by atoms with E-state index in [0.717, 1.165) is 19.5 Å². The first-order valence-electron chi connectivity index (χ1n) is 3.06. The van der Waals surface area contributed by atoms with Gasteiger partial charge < -0.3 is 5.32 Å². The summed E-state index contributed by atoms with van der Waals surface area (Å²) in [7, 11) is 1.96. The van der Waals surface area contributed by atoms with E-state index < -0.39 is 0 Å². The van der Waals surface area contributed by atoms with Crippen LogP contribution in [0.5, 0.6) is 0 Å². The van der Waals surface area contributed by atoms with Gasteiger partial charge in [-0.2, -0.15) is 0 Å². The molecule has 0 unspecified atom stereocenters. The highest BCUT2D eigenvalue weighted by molar-refractivity contribution is 8.00. The third-order valence-electron chi connectivity index (χ3n) is 0.872. The van der Waals surface area contributed by atoms with Crippen LogP contribution >= 0.6 is 11.9 Å². The highest BCUT2D eigenvalue weighted by Crippen LogP contribution is 1.90. The Morgan fingerprint density at radius 2 is 2.33 bits per heavy atom. The summed E-state index contributed by atoms with van der Waals surface area (Å²) < 4.78 is 3.13. The second kappa shape index (κ2) is 8.01. The lowest BCUT2D eigenvalue weighted by Gasteiger charge is -1.98. The fraction of sp³-hybridized carbons (Fsp3) is 0.667. The molecule has 2 nitrogen and oxygen atoms in total. The molecule has 0 bridgehead atoms. The summed E-state index contributed by atoms with van der Waals surface area (Å²) in [4.78, 5) is 0. The maximum absolute atomic E-state index is 3.56. The normalized spacial score (nSPS) is 9.44. The van der Waals surface area contributed by atoms with Crippen LogP contribution in [0.25, 0.3) is 0 Å². The van der Waals surface area contributed by atoms with Crippen molar-refractivity contribution in [3.63, 3.8) is 0 Å². The third kappa shape index (κ3) is 8.01. The van der Waals surface area contributed by atoms with Gasteiger partial charge in [0.25, 0.3) is 0 Å². The predicted molar refractivity (Wildman–Crippen MR) is 44.3 cm³/mol. The molecule has 0 saturated heterocycles. The molecule has 0 radical (unpaired) electrons. The molecular formula is C6H14N2S. The lowest BCUT2D eigenvalue weighted by molar-refractivity contribution is 0.717. The molecule has 0 aliphatic rings. The highest BCUT2D eigenvalue weighted by Gasteiger charge is 1.82. The van der Waals surface area contributed by atoms with E-state index in [4.69, 9.17) is 0 Å². The quantitative estimate of drug-likeness (QED) is 0.431. The average molecular weight is 146 g/mol. The van der Waals surface area contributed by atoms with Crippen molar-refractivity contribution in [1.82, 2.24) is 10.0 Å². The van der Waals surface area contributed by atoms with Gasteiger partial charge in [-0.15, -0.1) is 0 Å². The third-order valence-corrected chi connectivity index (χ3v) is 1.41. The van der Waals surface area contributed by atoms with Crippen LogP contribution in [-0.2, 0) is 0 Å². The number of nitrogens with one attached hydrogen (secondary N) is 2. The second-order valence-corrected chi connectivity index (χ2v) is 2.49. The summed E-state index contributed by atoms with van der Waals surface area (Å²) in [5, 5.41) is 4.86. The van der Waals surface area contributed by atoms with Gasteiger partial charge in [-0.25, -0.2) is 0 Å². The summed E-state index contributed by atoms with van der Waals surface area (Å²) in [6.45, 7) is 5.68. The molecule has 0 fully saturated rings. The molecule has 0 amide bonds. The van der Waals surface area contributed by atoms with Gasteiger partial charge in [0.15, 0.2) is 0 Å². The summed E-state index contributed by atoms with van der Waals surface area (Å²) >= 11 is 1.54. The Morgan fingerprint density at radius 1 is 1.56 bits per heavy atom. The number of hydrogen-bond donors (Lipinski definition) is 2. The van der Waals surface area contributed by atoms with Gasteiger partial charge in [-0.3, -0.25) is 4.72 Å².